The van der Waals surface area contributed by atoms with E-state index in [1.165, 1.54) is 4.31 Å². The second kappa shape index (κ2) is 6.37. The first kappa shape index (κ1) is 17.0. The molecule has 1 saturated carbocycles. The summed E-state index contributed by atoms with van der Waals surface area (Å²) < 4.78 is 34.0. The number of imidazole rings is 1. The van der Waals surface area contributed by atoms with Gasteiger partial charge in [-0.25, -0.2) is 17.7 Å². The maximum atomic E-state index is 13.1. The number of carbonyl (C=O) groups excluding carboxylic acids is 1. The third-order valence-electron chi connectivity index (χ3n) is 5.34. The molecule has 2 saturated heterocycles. The molecule has 138 valence electrons. The van der Waals surface area contributed by atoms with Crippen molar-refractivity contribution in [2.24, 2.45) is 13.0 Å². The van der Waals surface area contributed by atoms with E-state index in [-0.39, 0.29) is 29.5 Å². The third-order valence-corrected chi connectivity index (χ3v) is 7.67. The number of carbonyl (C=O) groups is 1. The fraction of sp³-hybridized carbons (Fsp3) is 0.750. The van der Waals surface area contributed by atoms with Crippen molar-refractivity contribution < 1.29 is 17.9 Å². The Morgan fingerprint density at radius 3 is 2.56 bits per heavy atom. The van der Waals surface area contributed by atoms with Gasteiger partial charge < -0.3 is 14.2 Å². The molecule has 4 rings (SSSR count). The topological polar surface area (TPSA) is 84.7 Å². The number of sulfonamides is 1. The molecule has 8 nitrogen and oxygen atoms in total. The van der Waals surface area contributed by atoms with Gasteiger partial charge in [-0.2, -0.15) is 0 Å². The van der Waals surface area contributed by atoms with Crippen LogP contribution in [-0.2, 0) is 26.6 Å². The van der Waals surface area contributed by atoms with Gasteiger partial charge in [-0.15, -0.1) is 0 Å². The maximum absolute atomic E-state index is 13.1. The van der Waals surface area contributed by atoms with Crippen LogP contribution in [0, 0.1) is 5.92 Å². The first-order chi connectivity index (χ1) is 12.0. The van der Waals surface area contributed by atoms with Crippen LogP contribution in [-0.4, -0.2) is 77.7 Å². The van der Waals surface area contributed by atoms with Gasteiger partial charge in [0.2, 0.25) is 15.9 Å². The molecule has 2 aliphatic heterocycles. The Morgan fingerprint density at radius 2 is 1.96 bits per heavy atom. The predicted octanol–water partition coefficient (Wildman–Crippen LogP) is -0.213. The Kier molecular flexibility index (Phi) is 4.33. The molecular weight excluding hydrogens is 344 g/mol. The highest BCUT2D eigenvalue weighted by atomic mass is 32.2. The molecule has 0 spiro atoms. The van der Waals surface area contributed by atoms with E-state index in [1.54, 1.807) is 11.2 Å². The lowest BCUT2D eigenvalue weighted by Crippen LogP contribution is -2.45. The van der Waals surface area contributed by atoms with Crippen LogP contribution in [0.15, 0.2) is 12.5 Å². The van der Waals surface area contributed by atoms with Gasteiger partial charge in [-0.1, -0.05) is 0 Å². The number of hydrogen-bond donors (Lipinski definition) is 0. The fourth-order valence-electron chi connectivity index (χ4n) is 3.74. The van der Waals surface area contributed by atoms with E-state index in [0.717, 1.165) is 18.5 Å². The van der Waals surface area contributed by atoms with E-state index in [0.29, 0.717) is 32.8 Å². The third kappa shape index (κ3) is 3.20. The largest absolute Gasteiger partial charge is 0.378 e. The highest BCUT2D eigenvalue weighted by Crippen LogP contribution is 2.39. The van der Waals surface area contributed by atoms with Crippen LogP contribution in [0.2, 0.25) is 0 Å². The second-order valence-corrected chi connectivity index (χ2v) is 9.39. The Bertz CT molecular complexity index is 752. The zero-order valence-corrected chi connectivity index (χ0v) is 15.2. The lowest BCUT2D eigenvalue weighted by Gasteiger charge is -2.30. The Balaban J connectivity index is 1.60. The number of morpholine rings is 1. The zero-order chi connectivity index (χ0) is 17.6. The summed E-state index contributed by atoms with van der Waals surface area (Å²) in [7, 11) is -1.42. The molecule has 0 N–H and O–H groups in total. The van der Waals surface area contributed by atoms with E-state index >= 15 is 0 Å². The Labute approximate surface area is 147 Å². The summed E-state index contributed by atoms with van der Waals surface area (Å²) in [6.45, 7) is 2.82. The van der Waals surface area contributed by atoms with Crippen molar-refractivity contribution in [2.45, 2.75) is 24.0 Å². The van der Waals surface area contributed by atoms with Crippen molar-refractivity contribution in [3.8, 4) is 0 Å². The summed E-state index contributed by atoms with van der Waals surface area (Å²) in [6.07, 6.45) is 5.05. The van der Waals surface area contributed by atoms with Gasteiger partial charge in [-0.3, -0.25) is 4.79 Å². The summed E-state index contributed by atoms with van der Waals surface area (Å²) in [5.41, 5.74) is 0.794. The molecule has 0 aromatic carbocycles. The number of aromatic nitrogens is 2. The van der Waals surface area contributed by atoms with E-state index in [9.17, 15) is 13.2 Å². The molecule has 1 aromatic heterocycles. The predicted molar refractivity (Wildman–Crippen MR) is 90.4 cm³/mol. The first-order valence-electron chi connectivity index (χ1n) is 8.80. The lowest BCUT2D eigenvalue weighted by molar-refractivity contribution is -0.139. The van der Waals surface area contributed by atoms with Crippen molar-refractivity contribution in [1.29, 1.82) is 0 Å². The van der Waals surface area contributed by atoms with Crippen LogP contribution in [0.5, 0.6) is 0 Å². The van der Waals surface area contributed by atoms with Crippen molar-refractivity contribution >= 4 is 15.9 Å². The van der Waals surface area contributed by atoms with E-state index < -0.39 is 10.0 Å². The lowest BCUT2D eigenvalue weighted by atomic mass is 9.92. The minimum Gasteiger partial charge on any atom is -0.378 e. The van der Waals surface area contributed by atoms with Gasteiger partial charge >= 0.3 is 0 Å². The fourth-order valence-corrected chi connectivity index (χ4v) is 5.64. The van der Waals surface area contributed by atoms with Crippen LogP contribution in [0.1, 0.15) is 24.5 Å². The highest BCUT2D eigenvalue weighted by Gasteiger charge is 2.49. The average molecular weight is 368 g/mol. The molecule has 1 amide bonds. The summed E-state index contributed by atoms with van der Waals surface area (Å²) >= 11 is 0. The zero-order valence-electron chi connectivity index (χ0n) is 14.4. The summed E-state index contributed by atoms with van der Waals surface area (Å²) in [6, 6.07) is 0. The minimum absolute atomic E-state index is 0.0208. The minimum atomic E-state index is -3.29. The molecular formula is C16H24N4O4S. The Morgan fingerprint density at radius 1 is 1.24 bits per heavy atom. The number of hydrogen-bond acceptors (Lipinski definition) is 5. The summed E-state index contributed by atoms with van der Waals surface area (Å²) in [5.74, 6) is -0.543. The number of rotatable bonds is 4. The molecule has 1 aliphatic carbocycles. The standard InChI is InChI=1S/C16H24N4O4S/c1-18-10-15(17-11-18)13-8-20(25(22,23)12-2-3-12)9-14(13)16(21)19-4-6-24-7-5-19/h10-14H,2-9H2,1H3/t13-,14-/m1/s1. The van der Waals surface area contributed by atoms with Crippen molar-refractivity contribution in [2.75, 3.05) is 39.4 Å². The van der Waals surface area contributed by atoms with Crippen LogP contribution in [0.25, 0.3) is 0 Å². The van der Waals surface area contributed by atoms with E-state index in [4.69, 9.17) is 4.74 Å². The van der Waals surface area contributed by atoms with E-state index in [1.807, 2.05) is 17.8 Å². The monoisotopic (exact) mass is 368 g/mol. The average Bonchev–Trinajstić information content (AvgIpc) is 3.24. The Hall–Kier alpha value is -1.45. The van der Waals surface area contributed by atoms with Gasteiger partial charge in [0.05, 0.1) is 36.4 Å². The molecule has 1 aromatic rings. The number of amides is 1. The van der Waals surface area contributed by atoms with Gasteiger partial charge in [0, 0.05) is 45.3 Å². The molecule has 3 aliphatic rings. The van der Waals surface area contributed by atoms with Crippen molar-refractivity contribution in [3.05, 3.63) is 18.2 Å². The second-order valence-electron chi connectivity index (χ2n) is 7.18. The maximum Gasteiger partial charge on any atom is 0.227 e. The number of nitrogens with zero attached hydrogens (tertiary/aromatic N) is 4. The van der Waals surface area contributed by atoms with Gasteiger partial charge in [0.1, 0.15) is 0 Å². The quantitative estimate of drug-likeness (QED) is 0.734. The smallest absolute Gasteiger partial charge is 0.227 e. The molecule has 25 heavy (non-hydrogen) atoms. The molecule has 3 heterocycles. The molecule has 2 atom stereocenters. The van der Waals surface area contributed by atoms with Crippen LogP contribution in [0.4, 0.5) is 0 Å². The molecule has 0 bridgehead atoms. The molecule has 9 heteroatoms. The summed E-state index contributed by atoms with van der Waals surface area (Å²) in [5, 5.41) is -0.255. The van der Waals surface area contributed by atoms with Gasteiger partial charge in [-0.05, 0) is 12.8 Å². The van der Waals surface area contributed by atoms with Crippen molar-refractivity contribution in [1.82, 2.24) is 18.8 Å². The van der Waals surface area contributed by atoms with Crippen LogP contribution < -0.4 is 0 Å². The SMILES string of the molecule is Cn1cnc([C@@H]2CN(S(=O)(=O)C3CC3)C[C@H]2C(=O)N2CCOCC2)c1. The van der Waals surface area contributed by atoms with E-state index in [2.05, 4.69) is 4.98 Å². The first-order valence-corrected chi connectivity index (χ1v) is 10.3. The van der Waals surface area contributed by atoms with Gasteiger partial charge in [0.15, 0.2) is 0 Å². The van der Waals surface area contributed by atoms with Crippen molar-refractivity contribution in [3.63, 3.8) is 0 Å². The molecule has 3 fully saturated rings. The number of ether oxygens (including phenoxy) is 1. The molecule has 0 unspecified atom stereocenters. The highest BCUT2D eigenvalue weighted by molar-refractivity contribution is 7.90. The van der Waals surface area contributed by atoms with Gasteiger partial charge in [0.25, 0.3) is 0 Å². The molecule has 0 radical (unpaired) electrons. The van der Waals surface area contributed by atoms with Crippen LogP contribution >= 0.6 is 0 Å². The summed E-state index contributed by atoms with van der Waals surface area (Å²) in [4.78, 5) is 19.3. The van der Waals surface area contributed by atoms with Crippen LogP contribution in [0.3, 0.4) is 0 Å². The number of aryl methyl sites for hydroxylation is 1. The normalized spacial score (nSPS) is 28.4.